The summed E-state index contributed by atoms with van der Waals surface area (Å²) in [6.45, 7) is 0. The van der Waals surface area contributed by atoms with E-state index < -0.39 is 24.5 Å². The topological polar surface area (TPSA) is 83.2 Å². The van der Waals surface area contributed by atoms with Crippen LogP contribution in [0.25, 0.3) is 0 Å². The monoisotopic (exact) mass is 246 g/mol. The third-order valence-corrected chi connectivity index (χ3v) is 1.53. The molecule has 1 rings (SSSR count). The Labute approximate surface area is 93.1 Å². The lowest BCUT2D eigenvalue weighted by atomic mass is 10.2. The van der Waals surface area contributed by atoms with Crippen molar-refractivity contribution < 1.29 is 27.8 Å². The van der Waals surface area contributed by atoms with Crippen LogP contribution < -0.4 is 4.74 Å². The number of pyridine rings is 1. The molecule has 1 aromatic heterocycles. The number of carboxylic acids is 1. The van der Waals surface area contributed by atoms with Crippen LogP contribution in [0.15, 0.2) is 12.1 Å². The Kier molecular flexibility index (Phi) is 3.52. The van der Waals surface area contributed by atoms with Crippen molar-refractivity contribution in [2.24, 2.45) is 0 Å². The Morgan fingerprint density at radius 1 is 1.53 bits per heavy atom. The molecule has 1 aromatic rings. The molecule has 8 heteroatoms. The average molecular weight is 246 g/mol. The Bertz CT molecular complexity index is 479. The standard InChI is InChI=1S/C9H5F3N2O3/c10-9(11,12)17-7-1-5(3-8(15)16)14-6(2-7)4-13/h1-2H,3H2,(H,15,16). The highest BCUT2D eigenvalue weighted by Crippen LogP contribution is 2.23. The fraction of sp³-hybridized carbons (Fsp3) is 0.222. The first kappa shape index (κ1) is 12.8. The number of carbonyl (C=O) groups is 1. The van der Waals surface area contributed by atoms with E-state index in [4.69, 9.17) is 10.4 Å². The molecule has 90 valence electrons. The molecule has 5 nitrogen and oxygen atoms in total. The summed E-state index contributed by atoms with van der Waals surface area (Å²) < 4.78 is 39.4. The first-order valence-corrected chi connectivity index (χ1v) is 4.19. The molecule has 1 heterocycles. The summed E-state index contributed by atoms with van der Waals surface area (Å²) in [5, 5.41) is 17.0. The van der Waals surface area contributed by atoms with Crippen LogP contribution in [-0.2, 0) is 11.2 Å². The summed E-state index contributed by atoms with van der Waals surface area (Å²) in [7, 11) is 0. The predicted molar refractivity (Wildman–Crippen MR) is 47.0 cm³/mol. The molecular weight excluding hydrogens is 241 g/mol. The first-order chi connectivity index (χ1) is 7.80. The molecule has 0 aromatic carbocycles. The van der Waals surface area contributed by atoms with Gasteiger partial charge in [0, 0.05) is 12.1 Å². The Morgan fingerprint density at radius 2 is 2.18 bits per heavy atom. The second kappa shape index (κ2) is 4.69. The molecule has 0 aliphatic heterocycles. The van der Waals surface area contributed by atoms with Crippen LogP contribution in [0, 0.1) is 11.3 Å². The van der Waals surface area contributed by atoms with Crippen molar-refractivity contribution in [3.8, 4) is 11.8 Å². The van der Waals surface area contributed by atoms with E-state index in [1.165, 1.54) is 6.07 Å². The molecule has 0 saturated carbocycles. The van der Waals surface area contributed by atoms with Crippen molar-refractivity contribution in [3.05, 3.63) is 23.5 Å². The zero-order chi connectivity index (χ0) is 13.1. The molecule has 0 fully saturated rings. The van der Waals surface area contributed by atoms with Gasteiger partial charge in [-0.15, -0.1) is 13.2 Å². The molecule has 0 radical (unpaired) electrons. The van der Waals surface area contributed by atoms with E-state index in [0.29, 0.717) is 0 Å². The van der Waals surface area contributed by atoms with Crippen LogP contribution in [0.5, 0.6) is 5.75 Å². The van der Waals surface area contributed by atoms with E-state index in [2.05, 4.69) is 9.72 Å². The summed E-state index contributed by atoms with van der Waals surface area (Å²) in [4.78, 5) is 13.9. The number of hydrogen-bond acceptors (Lipinski definition) is 4. The van der Waals surface area contributed by atoms with Crippen LogP contribution in [0.1, 0.15) is 11.4 Å². The SMILES string of the molecule is N#Cc1cc(OC(F)(F)F)cc(CC(=O)O)n1. The number of nitriles is 1. The normalized spacial score (nSPS) is 10.7. The molecule has 1 N–H and O–H groups in total. The lowest BCUT2D eigenvalue weighted by molar-refractivity contribution is -0.274. The highest BCUT2D eigenvalue weighted by molar-refractivity contribution is 5.69. The predicted octanol–water partition coefficient (Wildman–Crippen LogP) is 1.48. The van der Waals surface area contributed by atoms with Gasteiger partial charge in [-0.25, -0.2) is 4.98 Å². The van der Waals surface area contributed by atoms with Crippen molar-refractivity contribution in [2.45, 2.75) is 12.8 Å². The van der Waals surface area contributed by atoms with Gasteiger partial charge in [-0.3, -0.25) is 4.79 Å². The number of carboxylic acid groups (broad SMARTS) is 1. The zero-order valence-electron chi connectivity index (χ0n) is 8.15. The Balaban J connectivity index is 3.06. The highest BCUT2D eigenvalue weighted by Gasteiger charge is 2.31. The van der Waals surface area contributed by atoms with E-state index in [-0.39, 0.29) is 11.4 Å². The third-order valence-electron chi connectivity index (χ3n) is 1.53. The minimum absolute atomic E-state index is 0.184. The minimum atomic E-state index is -4.91. The minimum Gasteiger partial charge on any atom is -0.481 e. The van der Waals surface area contributed by atoms with Gasteiger partial charge >= 0.3 is 12.3 Å². The number of aliphatic carboxylic acids is 1. The molecule has 0 aliphatic carbocycles. The maximum absolute atomic E-state index is 11.9. The number of alkyl halides is 3. The van der Waals surface area contributed by atoms with Crippen LogP contribution >= 0.6 is 0 Å². The molecule has 17 heavy (non-hydrogen) atoms. The smallest absolute Gasteiger partial charge is 0.481 e. The van der Waals surface area contributed by atoms with Crippen LogP contribution in [-0.4, -0.2) is 22.4 Å². The van der Waals surface area contributed by atoms with Crippen molar-refractivity contribution in [2.75, 3.05) is 0 Å². The number of halogens is 3. The van der Waals surface area contributed by atoms with Crippen molar-refractivity contribution in [1.82, 2.24) is 4.98 Å². The quantitative estimate of drug-likeness (QED) is 0.873. The Morgan fingerprint density at radius 3 is 2.65 bits per heavy atom. The lowest BCUT2D eigenvalue weighted by Crippen LogP contribution is -2.17. The van der Waals surface area contributed by atoms with Crippen molar-refractivity contribution >= 4 is 5.97 Å². The molecule has 0 amide bonds. The molecule has 0 aliphatic rings. The van der Waals surface area contributed by atoms with E-state index in [1.807, 2.05) is 0 Å². The average Bonchev–Trinajstić information content (AvgIpc) is 2.13. The first-order valence-electron chi connectivity index (χ1n) is 4.19. The zero-order valence-corrected chi connectivity index (χ0v) is 8.15. The second-order valence-corrected chi connectivity index (χ2v) is 2.91. The molecule has 0 atom stereocenters. The second-order valence-electron chi connectivity index (χ2n) is 2.91. The van der Waals surface area contributed by atoms with E-state index in [0.717, 1.165) is 12.1 Å². The fourth-order valence-corrected chi connectivity index (χ4v) is 1.06. The van der Waals surface area contributed by atoms with Gasteiger partial charge in [0.25, 0.3) is 0 Å². The van der Waals surface area contributed by atoms with Gasteiger partial charge in [0.15, 0.2) is 0 Å². The number of aromatic nitrogens is 1. The molecule has 0 unspecified atom stereocenters. The van der Waals surface area contributed by atoms with Gasteiger partial charge in [-0.2, -0.15) is 5.26 Å². The molecular formula is C9H5F3N2O3. The summed E-state index contributed by atoms with van der Waals surface area (Å²) in [5.41, 5.74) is -0.529. The molecule has 0 spiro atoms. The van der Waals surface area contributed by atoms with Gasteiger partial charge in [-0.1, -0.05) is 0 Å². The maximum atomic E-state index is 11.9. The van der Waals surface area contributed by atoms with Gasteiger partial charge in [-0.05, 0) is 0 Å². The largest absolute Gasteiger partial charge is 0.573 e. The highest BCUT2D eigenvalue weighted by atomic mass is 19.4. The number of hydrogen-bond donors (Lipinski definition) is 1. The maximum Gasteiger partial charge on any atom is 0.573 e. The van der Waals surface area contributed by atoms with E-state index >= 15 is 0 Å². The van der Waals surface area contributed by atoms with E-state index in [1.54, 1.807) is 0 Å². The Hall–Kier alpha value is -2.30. The molecule has 0 bridgehead atoms. The lowest BCUT2D eigenvalue weighted by Gasteiger charge is -2.09. The van der Waals surface area contributed by atoms with Crippen molar-refractivity contribution in [3.63, 3.8) is 0 Å². The van der Waals surface area contributed by atoms with Gasteiger partial charge in [0.1, 0.15) is 17.5 Å². The van der Waals surface area contributed by atoms with Gasteiger partial charge in [0.2, 0.25) is 0 Å². The van der Waals surface area contributed by atoms with Crippen LogP contribution in [0.3, 0.4) is 0 Å². The summed E-state index contributed by atoms with van der Waals surface area (Å²) in [6, 6.07) is 3.11. The van der Waals surface area contributed by atoms with Crippen LogP contribution in [0.4, 0.5) is 13.2 Å². The van der Waals surface area contributed by atoms with Gasteiger partial charge < -0.3 is 9.84 Å². The summed E-state index contributed by atoms with van der Waals surface area (Å²) in [5.74, 6) is -1.94. The van der Waals surface area contributed by atoms with E-state index in [9.17, 15) is 18.0 Å². The number of ether oxygens (including phenoxy) is 1. The summed E-state index contributed by atoms with van der Waals surface area (Å²) >= 11 is 0. The summed E-state index contributed by atoms with van der Waals surface area (Å²) in [6.07, 6.45) is -5.50. The third kappa shape index (κ3) is 4.38. The van der Waals surface area contributed by atoms with Gasteiger partial charge in [0.05, 0.1) is 12.1 Å². The number of nitrogens with zero attached hydrogens (tertiary/aromatic N) is 2. The number of rotatable bonds is 3. The molecule has 0 saturated heterocycles. The van der Waals surface area contributed by atoms with Crippen molar-refractivity contribution in [1.29, 1.82) is 5.26 Å². The fourth-order valence-electron chi connectivity index (χ4n) is 1.06. The van der Waals surface area contributed by atoms with Crippen LogP contribution in [0.2, 0.25) is 0 Å².